The van der Waals surface area contributed by atoms with Gasteiger partial charge in [-0.2, -0.15) is 0 Å². The molecule has 1 atom stereocenters. The van der Waals surface area contributed by atoms with Crippen LogP contribution in [0.25, 0.3) is 10.2 Å². The summed E-state index contributed by atoms with van der Waals surface area (Å²) in [4.78, 5) is 11.7. The molecule has 2 aromatic heterocycles. The summed E-state index contributed by atoms with van der Waals surface area (Å²) in [5.74, 6) is 2.98. The number of nitrogens with zero attached hydrogens (tertiary/aromatic N) is 2. The molecule has 6 heteroatoms. The Kier molecular flexibility index (Phi) is 4.91. The van der Waals surface area contributed by atoms with Gasteiger partial charge in [-0.05, 0) is 48.3 Å². The normalized spacial score (nSPS) is 16.7. The fourth-order valence-corrected chi connectivity index (χ4v) is 5.26. The number of hydrogen-bond acceptors (Lipinski definition) is 6. The van der Waals surface area contributed by atoms with Crippen LogP contribution in [0.1, 0.15) is 37.6 Å². The Bertz CT molecular complexity index is 1010. The van der Waals surface area contributed by atoms with Crippen molar-refractivity contribution in [3.63, 3.8) is 0 Å². The molecule has 5 nitrogen and oxygen atoms in total. The van der Waals surface area contributed by atoms with Gasteiger partial charge in [0, 0.05) is 16.6 Å². The average molecular weight is 398 g/mol. The minimum atomic E-state index is 0.334. The number of nitrogens with one attached hydrogen (secondary N) is 1. The highest BCUT2D eigenvalue weighted by Gasteiger charge is 2.31. The molecule has 4 rings (SSSR count). The van der Waals surface area contributed by atoms with Crippen molar-refractivity contribution in [2.24, 2.45) is 11.3 Å². The maximum absolute atomic E-state index is 5.43. The number of ether oxygens (including phenoxy) is 2. The second-order valence-electron chi connectivity index (χ2n) is 8.41. The zero-order valence-electron chi connectivity index (χ0n) is 17.1. The molecule has 3 aromatic rings. The number of benzene rings is 1. The van der Waals surface area contributed by atoms with Crippen LogP contribution < -0.4 is 14.8 Å². The van der Waals surface area contributed by atoms with Crippen molar-refractivity contribution in [1.29, 1.82) is 0 Å². The minimum absolute atomic E-state index is 0.334. The summed E-state index contributed by atoms with van der Waals surface area (Å²) in [6.45, 7) is 7.04. The van der Waals surface area contributed by atoms with Crippen molar-refractivity contribution >= 4 is 33.1 Å². The van der Waals surface area contributed by atoms with Crippen molar-refractivity contribution in [2.75, 3.05) is 19.5 Å². The Labute approximate surface area is 170 Å². The highest BCUT2D eigenvalue weighted by Crippen LogP contribution is 2.44. The molecule has 1 aliphatic carbocycles. The van der Waals surface area contributed by atoms with E-state index in [1.165, 1.54) is 22.2 Å². The topological polar surface area (TPSA) is 56.3 Å². The molecule has 1 aliphatic rings. The van der Waals surface area contributed by atoms with Crippen molar-refractivity contribution < 1.29 is 9.47 Å². The largest absolute Gasteiger partial charge is 0.493 e. The quantitative estimate of drug-likeness (QED) is 0.621. The van der Waals surface area contributed by atoms with Crippen LogP contribution in [0.4, 0.5) is 11.5 Å². The van der Waals surface area contributed by atoms with Crippen LogP contribution in [-0.2, 0) is 12.8 Å². The molecule has 28 heavy (non-hydrogen) atoms. The van der Waals surface area contributed by atoms with E-state index in [-0.39, 0.29) is 0 Å². The first kappa shape index (κ1) is 19.0. The van der Waals surface area contributed by atoms with Crippen molar-refractivity contribution in [2.45, 2.75) is 40.0 Å². The molecular weight excluding hydrogens is 370 g/mol. The number of methoxy groups -OCH3 is 2. The van der Waals surface area contributed by atoms with Gasteiger partial charge in [-0.3, -0.25) is 0 Å². The number of hydrogen-bond donors (Lipinski definition) is 1. The van der Waals surface area contributed by atoms with Crippen LogP contribution in [0.3, 0.4) is 0 Å². The predicted octanol–water partition coefficient (Wildman–Crippen LogP) is 5.60. The van der Waals surface area contributed by atoms with Crippen molar-refractivity contribution in [3.05, 3.63) is 35.0 Å². The number of aromatic nitrogens is 2. The van der Waals surface area contributed by atoms with Crippen LogP contribution in [0.5, 0.6) is 11.5 Å². The molecule has 0 amide bonds. The van der Waals surface area contributed by atoms with E-state index >= 15 is 0 Å². The maximum Gasteiger partial charge on any atom is 0.162 e. The molecule has 0 radical (unpaired) electrons. The SMILES string of the molecule is COc1ccc(Nc2ncnc3sc4c(c23)CCC(C(C)(C)C)C4)cc1OC. The van der Waals surface area contributed by atoms with E-state index in [1.54, 1.807) is 20.5 Å². The third-order valence-electron chi connectivity index (χ3n) is 5.72. The molecule has 0 aliphatic heterocycles. The first-order valence-electron chi connectivity index (χ1n) is 9.65. The summed E-state index contributed by atoms with van der Waals surface area (Å²) in [7, 11) is 3.28. The van der Waals surface area contributed by atoms with Gasteiger partial charge in [0.05, 0.1) is 19.6 Å². The van der Waals surface area contributed by atoms with Gasteiger partial charge in [-0.15, -0.1) is 11.3 Å². The van der Waals surface area contributed by atoms with Gasteiger partial charge in [0.15, 0.2) is 11.5 Å². The Morgan fingerprint density at radius 1 is 1.11 bits per heavy atom. The first-order valence-corrected chi connectivity index (χ1v) is 10.5. The maximum atomic E-state index is 5.43. The third kappa shape index (κ3) is 3.41. The van der Waals surface area contributed by atoms with Gasteiger partial charge in [-0.1, -0.05) is 20.8 Å². The molecule has 1 unspecified atom stereocenters. The molecule has 1 aromatic carbocycles. The molecular formula is C22H27N3O2S. The fourth-order valence-electron chi connectivity index (χ4n) is 3.99. The van der Waals surface area contributed by atoms with E-state index in [2.05, 4.69) is 36.1 Å². The predicted molar refractivity (Wildman–Crippen MR) is 115 cm³/mol. The van der Waals surface area contributed by atoms with E-state index in [4.69, 9.17) is 9.47 Å². The van der Waals surface area contributed by atoms with Gasteiger partial charge in [-0.25, -0.2) is 9.97 Å². The van der Waals surface area contributed by atoms with Crippen molar-refractivity contribution in [3.8, 4) is 11.5 Å². The Morgan fingerprint density at radius 3 is 2.61 bits per heavy atom. The summed E-state index contributed by atoms with van der Waals surface area (Å²) in [5.41, 5.74) is 2.67. The van der Waals surface area contributed by atoms with E-state index in [1.807, 2.05) is 29.5 Å². The second kappa shape index (κ2) is 7.24. The number of anilines is 2. The average Bonchev–Trinajstić information content (AvgIpc) is 3.06. The van der Waals surface area contributed by atoms with E-state index in [9.17, 15) is 0 Å². The lowest BCUT2D eigenvalue weighted by Crippen LogP contribution is -2.26. The molecule has 0 fully saturated rings. The highest BCUT2D eigenvalue weighted by atomic mass is 32.1. The molecule has 0 saturated heterocycles. The van der Waals surface area contributed by atoms with Gasteiger partial charge < -0.3 is 14.8 Å². The number of thiophene rings is 1. The zero-order chi connectivity index (χ0) is 19.9. The van der Waals surface area contributed by atoms with Crippen LogP contribution >= 0.6 is 11.3 Å². The Morgan fingerprint density at radius 2 is 1.89 bits per heavy atom. The van der Waals surface area contributed by atoms with Crippen molar-refractivity contribution in [1.82, 2.24) is 9.97 Å². The summed E-state index contributed by atoms with van der Waals surface area (Å²) < 4.78 is 10.8. The fraction of sp³-hybridized carbons (Fsp3) is 0.455. The van der Waals surface area contributed by atoms with Gasteiger partial charge in [0.1, 0.15) is 17.0 Å². The zero-order valence-corrected chi connectivity index (χ0v) is 17.9. The van der Waals surface area contributed by atoms with E-state index < -0.39 is 0 Å². The lowest BCUT2D eigenvalue weighted by molar-refractivity contribution is 0.218. The number of rotatable bonds is 4. The van der Waals surface area contributed by atoms with Crippen LogP contribution in [-0.4, -0.2) is 24.2 Å². The summed E-state index contributed by atoms with van der Waals surface area (Å²) in [6.07, 6.45) is 5.09. The van der Waals surface area contributed by atoms with E-state index in [0.29, 0.717) is 22.8 Å². The molecule has 2 heterocycles. The summed E-state index contributed by atoms with van der Waals surface area (Å²) in [6, 6.07) is 5.81. The smallest absolute Gasteiger partial charge is 0.162 e. The molecule has 0 spiro atoms. The minimum Gasteiger partial charge on any atom is -0.493 e. The van der Waals surface area contributed by atoms with Gasteiger partial charge in [0.2, 0.25) is 0 Å². The molecule has 1 N–H and O–H groups in total. The highest BCUT2D eigenvalue weighted by molar-refractivity contribution is 7.19. The number of fused-ring (bicyclic) bond motifs is 3. The molecule has 0 bridgehead atoms. The number of aryl methyl sites for hydroxylation is 1. The standard InChI is InChI=1S/C22H27N3O2S/c1-22(2,3)13-6-8-15-18(10-13)28-21-19(15)20(23-12-24-21)25-14-7-9-16(26-4)17(11-14)27-5/h7,9,11-13H,6,8,10H2,1-5H3,(H,23,24,25). The van der Waals surface area contributed by atoms with Gasteiger partial charge >= 0.3 is 0 Å². The molecule has 148 valence electrons. The molecule has 0 saturated carbocycles. The van der Waals surface area contributed by atoms with Crippen LogP contribution in [0, 0.1) is 11.3 Å². The third-order valence-corrected chi connectivity index (χ3v) is 6.88. The van der Waals surface area contributed by atoms with Crippen LogP contribution in [0.2, 0.25) is 0 Å². The lowest BCUT2D eigenvalue weighted by atomic mass is 9.72. The summed E-state index contributed by atoms with van der Waals surface area (Å²) >= 11 is 1.82. The first-order chi connectivity index (χ1) is 13.4. The van der Waals surface area contributed by atoms with E-state index in [0.717, 1.165) is 29.2 Å². The second-order valence-corrected chi connectivity index (χ2v) is 9.49. The monoisotopic (exact) mass is 397 g/mol. The summed E-state index contributed by atoms with van der Waals surface area (Å²) in [5, 5.41) is 4.64. The Hall–Kier alpha value is -2.34. The van der Waals surface area contributed by atoms with Gasteiger partial charge in [0.25, 0.3) is 0 Å². The Balaban J connectivity index is 1.71. The lowest BCUT2D eigenvalue weighted by Gasteiger charge is -2.33. The van der Waals surface area contributed by atoms with Crippen LogP contribution in [0.15, 0.2) is 24.5 Å².